The van der Waals surface area contributed by atoms with Crippen LogP contribution in [0.2, 0.25) is 0 Å². The number of carboxylic acid groups (broad SMARTS) is 1. The van der Waals surface area contributed by atoms with E-state index in [2.05, 4.69) is 17.6 Å². The lowest BCUT2D eigenvalue weighted by atomic mass is 9.82. The molecule has 0 saturated carbocycles. The van der Waals surface area contributed by atoms with Crippen molar-refractivity contribution < 1.29 is 23.8 Å². The first kappa shape index (κ1) is 15.4. The van der Waals surface area contributed by atoms with E-state index in [0.29, 0.717) is 12.3 Å². The van der Waals surface area contributed by atoms with Crippen LogP contribution in [0.1, 0.15) is 36.1 Å². The molecule has 0 bridgehead atoms. The van der Waals surface area contributed by atoms with E-state index in [1.54, 1.807) is 0 Å². The van der Waals surface area contributed by atoms with Crippen molar-refractivity contribution in [1.82, 2.24) is 10.6 Å². The number of rotatable bonds is 5. The Morgan fingerprint density at radius 1 is 1.29 bits per heavy atom. The van der Waals surface area contributed by atoms with Crippen molar-refractivity contribution in [2.24, 2.45) is 5.41 Å². The molecule has 0 atom stereocenters. The lowest BCUT2D eigenvalue weighted by molar-refractivity contribution is 0.0252. The molecule has 0 aliphatic carbocycles. The third-order valence-electron chi connectivity index (χ3n) is 3.67. The van der Waals surface area contributed by atoms with Gasteiger partial charge in [-0.05, 0) is 30.4 Å². The van der Waals surface area contributed by atoms with E-state index in [9.17, 15) is 9.59 Å². The van der Waals surface area contributed by atoms with E-state index in [4.69, 9.17) is 14.3 Å². The first-order valence-corrected chi connectivity index (χ1v) is 6.90. The Labute approximate surface area is 122 Å². The molecule has 2 heterocycles. The van der Waals surface area contributed by atoms with Gasteiger partial charge in [0.05, 0.1) is 6.54 Å². The number of carbonyl (C=O) groups excluding carboxylic acids is 1. The third-order valence-corrected chi connectivity index (χ3v) is 3.67. The van der Waals surface area contributed by atoms with Crippen molar-refractivity contribution in [2.45, 2.75) is 26.3 Å². The lowest BCUT2D eigenvalue weighted by Crippen LogP contribution is -2.43. The smallest absolute Gasteiger partial charge is 0.371 e. The van der Waals surface area contributed by atoms with Crippen LogP contribution in [0.5, 0.6) is 0 Å². The monoisotopic (exact) mass is 296 g/mol. The number of carboxylic acids is 1. The van der Waals surface area contributed by atoms with Crippen molar-refractivity contribution >= 4 is 12.0 Å². The lowest BCUT2D eigenvalue weighted by Gasteiger charge is -2.33. The van der Waals surface area contributed by atoms with Crippen LogP contribution >= 0.6 is 0 Å². The van der Waals surface area contributed by atoms with Crippen LogP contribution in [-0.2, 0) is 11.3 Å². The maximum atomic E-state index is 11.7. The fourth-order valence-electron chi connectivity index (χ4n) is 2.15. The SMILES string of the molecule is CC1(CNC(=O)NCc2ccc(C(=O)O)o2)CCOCC1. The van der Waals surface area contributed by atoms with Gasteiger partial charge in [0.15, 0.2) is 0 Å². The Kier molecular flexibility index (Phi) is 4.85. The molecule has 116 valence electrons. The molecule has 0 aromatic carbocycles. The average Bonchev–Trinajstić information content (AvgIpc) is 2.93. The number of carbonyl (C=O) groups is 2. The maximum absolute atomic E-state index is 11.7. The van der Waals surface area contributed by atoms with Gasteiger partial charge in [0.1, 0.15) is 5.76 Å². The van der Waals surface area contributed by atoms with Gasteiger partial charge in [0, 0.05) is 19.8 Å². The summed E-state index contributed by atoms with van der Waals surface area (Å²) in [4.78, 5) is 22.4. The van der Waals surface area contributed by atoms with Crippen molar-refractivity contribution in [3.8, 4) is 0 Å². The van der Waals surface area contributed by atoms with Crippen LogP contribution in [0, 0.1) is 5.41 Å². The topological polar surface area (TPSA) is 101 Å². The Morgan fingerprint density at radius 3 is 2.62 bits per heavy atom. The van der Waals surface area contributed by atoms with Gasteiger partial charge in [0.25, 0.3) is 0 Å². The van der Waals surface area contributed by atoms with E-state index in [1.165, 1.54) is 12.1 Å². The molecule has 0 unspecified atom stereocenters. The molecular formula is C14H20N2O5. The summed E-state index contributed by atoms with van der Waals surface area (Å²) in [6.07, 6.45) is 1.85. The molecular weight excluding hydrogens is 276 g/mol. The van der Waals surface area contributed by atoms with Crippen molar-refractivity contribution in [1.29, 1.82) is 0 Å². The maximum Gasteiger partial charge on any atom is 0.371 e. The zero-order valence-electron chi connectivity index (χ0n) is 12.0. The Bertz CT molecular complexity index is 505. The van der Waals surface area contributed by atoms with Gasteiger partial charge in [0.2, 0.25) is 5.76 Å². The molecule has 1 aliphatic rings. The van der Waals surface area contributed by atoms with Gasteiger partial charge < -0.3 is 24.9 Å². The predicted molar refractivity (Wildman–Crippen MR) is 74.1 cm³/mol. The van der Waals surface area contributed by atoms with Crippen LogP contribution < -0.4 is 10.6 Å². The number of hydrogen-bond acceptors (Lipinski definition) is 4. The number of furan rings is 1. The van der Waals surface area contributed by atoms with Crippen molar-refractivity contribution in [3.05, 3.63) is 23.7 Å². The number of urea groups is 1. The van der Waals surface area contributed by atoms with Gasteiger partial charge in [-0.3, -0.25) is 0 Å². The number of amides is 2. The van der Waals surface area contributed by atoms with Crippen LogP contribution in [0.4, 0.5) is 4.79 Å². The largest absolute Gasteiger partial charge is 0.475 e. The van der Waals surface area contributed by atoms with Crippen molar-refractivity contribution in [3.63, 3.8) is 0 Å². The zero-order valence-corrected chi connectivity index (χ0v) is 12.0. The minimum atomic E-state index is -1.13. The quantitative estimate of drug-likeness (QED) is 0.766. The molecule has 2 amide bonds. The van der Waals surface area contributed by atoms with Gasteiger partial charge >= 0.3 is 12.0 Å². The first-order chi connectivity index (χ1) is 9.98. The fraction of sp³-hybridized carbons (Fsp3) is 0.571. The highest BCUT2D eigenvalue weighted by molar-refractivity contribution is 5.84. The molecule has 1 saturated heterocycles. The number of hydrogen-bond donors (Lipinski definition) is 3. The molecule has 7 heteroatoms. The summed E-state index contributed by atoms with van der Waals surface area (Å²) >= 11 is 0. The Hall–Kier alpha value is -2.02. The van der Waals surface area contributed by atoms with Gasteiger partial charge in [-0.1, -0.05) is 6.92 Å². The Balaban J connectivity index is 1.72. The van der Waals surface area contributed by atoms with Gasteiger partial charge in [-0.25, -0.2) is 9.59 Å². The van der Waals surface area contributed by atoms with Crippen LogP contribution in [0.25, 0.3) is 0 Å². The van der Waals surface area contributed by atoms with E-state index < -0.39 is 5.97 Å². The molecule has 1 aromatic heterocycles. The van der Waals surface area contributed by atoms with E-state index >= 15 is 0 Å². The highest BCUT2D eigenvalue weighted by Crippen LogP contribution is 2.28. The molecule has 1 aliphatic heterocycles. The highest BCUT2D eigenvalue weighted by atomic mass is 16.5. The summed E-state index contributed by atoms with van der Waals surface area (Å²) in [6.45, 7) is 4.31. The normalized spacial score (nSPS) is 17.2. The second-order valence-electron chi connectivity index (χ2n) is 5.53. The fourth-order valence-corrected chi connectivity index (χ4v) is 2.15. The predicted octanol–water partition coefficient (Wildman–Crippen LogP) is 1.59. The molecule has 21 heavy (non-hydrogen) atoms. The van der Waals surface area contributed by atoms with Crippen LogP contribution in [0.15, 0.2) is 16.5 Å². The number of ether oxygens (including phenoxy) is 1. The molecule has 3 N–H and O–H groups in total. The minimum absolute atomic E-state index is 0.0662. The van der Waals surface area contributed by atoms with Crippen molar-refractivity contribution in [2.75, 3.05) is 19.8 Å². The van der Waals surface area contributed by atoms with Gasteiger partial charge in [-0.2, -0.15) is 0 Å². The summed E-state index contributed by atoms with van der Waals surface area (Å²) < 4.78 is 10.4. The number of nitrogens with one attached hydrogen (secondary N) is 2. The molecule has 1 fully saturated rings. The minimum Gasteiger partial charge on any atom is -0.475 e. The summed E-state index contributed by atoms with van der Waals surface area (Å²) in [5.74, 6) is -0.861. The first-order valence-electron chi connectivity index (χ1n) is 6.90. The van der Waals surface area contributed by atoms with E-state index in [-0.39, 0.29) is 23.8 Å². The summed E-state index contributed by atoms with van der Waals surface area (Å²) in [7, 11) is 0. The molecule has 2 rings (SSSR count). The summed E-state index contributed by atoms with van der Waals surface area (Å²) in [5.41, 5.74) is 0.0662. The summed E-state index contributed by atoms with van der Waals surface area (Å²) in [5, 5.41) is 14.2. The second kappa shape index (κ2) is 6.62. The van der Waals surface area contributed by atoms with Gasteiger partial charge in [-0.15, -0.1) is 0 Å². The average molecular weight is 296 g/mol. The van der Waals surface area contributed by atoms with E-state index in [1.807, 2.05) is 0 Å². The van der Waals surface area contributed by atoms with E-state index in [0.717, 1.165) is 26.1 Å². The van der Waals surface area contributed by atoms with Crippen LogP contribution in [0.3, 0.4) is 0 Å². The molecule has 1 aromatic rings. The number of aromatic carboxylic acids is 1. The zero-order chi connectivity index (χ0) is 15.3. The third kappa shape index (κ3) is 4.49. The molecule has 0 spiro atoms. The Morgan fingerprint density at radius 2 is 2.00 bits per heavy atom. The summed E-state index contributed by atoms with van der Waals surface area (Å²) in [6, 6.07) is 2.60. The highest BCUT2D eigenvalue weighted by Gasteiger charge is 2.27. The second-order valence-corrected chi connectivity index (χ2v) is 5.53. The van der Waals surface area contributed by atoms with Crippen LogP contribution in [-0.4, -0.2) is 36.9 Å². The molecule has 0 radical (unpaired) electrons. The molecule has 7 nitrogen and oxygen atoms in total. The standard InChI is InChI=1S/C14H20N2O5/c1-14(4-6-20-7-5-14)9-16-13(19)15-8-10-2-3-11(21-10)12(17)18/h2-3H,4-9H2,1H3,(H,17,18)(H2,15,16,19).